The van der Waals surface area contributed by atoms with Crippen molar-refractivity contribution in [2.24, 2.45) is 5.92 Å². The molecule has 1 aliphatic rings. The first-order valence-corrected chi connectivity index (χ1v) is 6.28. The van der Waals surface area contributed by atoms with Crippen LogP contribution in [0.1, 0.15) is 34.7 Å². The highest BCUT2D eigenvalue weighted by Crippen LogP contribution is 2.17. The molecule has 1 aromatic rings. The number of carboxylic acid groups (broad SMARTS) is 1. The van der Waals surface area contributed by atoms with Gasteiger partial charge in [-0.1, -0.05) is 0 Å². The van der Waals surface area contributed by atoms with Crippen molar-refractivity contribution in [2.75, 3.05) is 19.7 Å². The van der Waals surface area contributed by atoms with Crippen molar-refractivity contribution >= 4 is 5.97 Å². The summed E-state index contributed by atoms with van der Waals surface area (Å²) in [4.78, 5) is 10.8. The first kappa shape index (κ1) is 13.1. The monoisotopic (exact) mass is 253 g/mol. The zero-order valence-electron chi connectivity index (χ0n) is 10.6. The zero-order chi connectivity index (χ0) is 13.0. The topological polar surface area (TPSA) is 71.7 Å². The van der Waals surface area contributed by atoms with Crippen molar-refractivity contribution in [1.82, 2.24) is 5.32 Å². The second kappa shape index (κ2) is 6.02. The maximum atomic E-state index is 10.8. The molecule has 2 rings (SSSR count). The Bertz CT molecular complexity index is 407. The van der Waals surface area contributed by atoms with Crippen LogP contribution in [-0.4, -0.2) is 30.8 Å². The first-order chi connectivity index (χ1) is 8.66. The van der Waals surface area contributed by atoms with Gasteiger partial charge in [-0.15, -0.1) is 0 Å². The highest BCUT2D eigenvalue weighted by atomic mass is 16.5. The Kier molecular flexibility index (Phi) is 4.38. The van der Waals surface area contributed by atoms with E-state index in [2.05, 4.69) is 5.32 Å². The number of ether oxygens (including phenoxy) is 1. The van der Waals surface area contributed by atoms with Crippen LogP contribution >= 0.6 is 0 Å². The smallest absolute Gasteiger partial charge is 0.339 e. The van der Waals surface area contributed by atoms with Gasteiger partial charge in [0.05, 0.1) is 6.61 Å². The molecule has 2 heterocycles. The van der Waals surface area contributed by atoms with Crippen molar-refractivity contribution in [3.05, 3.63) is 23.2 Å². The number of rotatable bonds is 5. The van der Waals surface area contributed by atoms with E-state index in [0.29, 0.717) is 30.7 Å². The number of carboxylic acids is 1. The molecule has 0 aliphatic carbocycles. The van der Waals surface area contributed by atoms with E-state index in [0.717, 1.165) is 25.9 Å². The van der Waals surface area contributed by atoms with E-state index < -0.39 is 5.97 Å². The number of aromatic carboxylic acids is 1. The SMILES string of the molecule is Cc1oc(COCC2CCNCC2)cc1C(=O)O. The summed E-state index contributed by atoms with van der Waals surface area (Å²) in [5.74, 6) is 0.656. The van der Waals surface area contributed by atoms with Gasteiger partial charge in [0, 0.05) is 0 Å². The minimum Gasteiger partial charge on any atom is -0.478 e. The summed E-state index contributed by atoms with van der Waals surface area (Å²) in [6.07, 6.45) is 2.27. The molecule has 1 saturated heterocycles. The number of hydrogen-bond acceptors (Lipinski definition) is 4. The molecular weight excluding hydrogens is 234 g/mol. The van der Waals surface area contributed by atoms with Gasteiger partial charge in [-0.25, -0.2) is 4.79 Å². The Labute approximate surface area is 106 Å². The van der Waals surface area contributed by atoms with Gasteiger partial charge in [-0.05, 0) is 44.8 Å². The fourth-order valence-corrected chi connectivity index (χ4v) is 2.20. The molecule has 0 atom stereocenters. The molecular formula is C13H19NO4. The van der Waals surface area contributed by atoms with Crippen molar-refractivity contribution in [3.63, 3.8) is 0 Å². The molecule has 0 spiro atoms. The molecule has 100 valence electrons. The molecule has 1 aromatic heterocycles. The summed E-state index contributed by atoms with van der Waals surface area (Å²) in [5, 5.41) is 12.2. The molecule has 0 unspecified atom stereocenters. The van der Waals surface area contributed by atoms with E-state index >= 15 is 0 Å². The van der Waals surface area contributed by atoms with Crippen molar-refractivity contribution in [3.8, 4) is 0 Å². The van der Waals surface area contributed by atoms with Crippen molar-refractivity contribution < 1.29 is 19.1 Å². The number of hydrogen-bond donors (Lipinski definition) is 2. The summed E-state index contributed by atoms with van der Waals surface area (Å²) in [5.41, 5.74) is 0.218. The van der Waals surface area contributed by atoms with Crippen LogP contribution in [0, 0.1) is 12.8 Å². The van der Waals surface area contributed by atoms with Gasteiger partial charge in [0.15, 0.2) is 0 Å². The molecule has 0 amide bonds. The van der Waals surface area contributed by atoms with Crippen LogP contribution in [0.25, 0.3) is 0 Å². The first-order valence-electron chi connectivity index (χ1n) is 6.28. The van der Waals surface area contributed by atoms with E-state index in [1.807, 2.05) is 0 Å². The fraction of sp³-hybridized carbons (Fsp3) is 0.615. The van der Waals surface area contributed by atoms with E-state index in [-0.39, 0.29) is 5.56 Å². The van der Waals surface area contributed by atoms with Crippen LogP contribution in [-0.2, 0) is 11.3 Å². The Hall–Kier alpha value is -1.33. The minimum absolute atomic E-state index is 0.218. The van der Waals surface area contributed by atoms with Crippen LogP contribution in [0.15, 0.2) is 10.5 Å². The summed E-state index contributed by atoms with van der Waals surface area (Å²) >= 11 is 0. The van der Waals surface area contributed by atoms with Crippen molar-refractivity contribution in [2.45, 2.75) is 26.4 Å². The van der Waals surface area contributed by atoms with E-state index in [1.54, 1.807) is 13.0 Å². The van der Waals surface area contributed by atoms with Crippen LogP contribution in [0.4, 0.5) is 0 Å². The lowest BCUT2D eigenvalue weighted by molar-refractivity contribution is 0.0655. The van der Waals surface area contributed by atoms with Gasteiger partial charge < -0.3 is 19.6 Å². The zero-order valence-corrected chi connectivity index (χ0v) is 10.6. The summed E-state index contributed by atoms with van der Waals surface area (Å²) < 4.78 is 10.9. The molecule has 0 bridgehead atoms. The molecule has 0 saturated carbocycles. The normalized spacial score (nSPS) is 16.9. The quantitative estimate of drug-likeness (QED) is 0.837. The standard InChI is InChI=1S/C13H19NO4/c1-9-12(13(15)16)6-11(18-9)8-17-7-10-2-4-14-5-3-10/h6,10,14H,2-5,7-8H2,1H3,(H,15,16). The van der Waals surface area contributed by atoms with Gasteiger partial charge in [0.2, 0.25) is 0 Å². The summed E-state index contributed by atoms with van der Waals surface area (Å²) in [7, 11) is 0. The molecule has 0 aromatic carbocycles. The molecule has 5 nitrogen and oxygen atoms in total. The fourth-order valence-electron chi connectivity index (χ4n) is 2.20. The van der Waals surface area contributed by atoms with Gasteiger partial charge in [0.1, 0.15) is 23.7 Å². The Morgan fingerprint density at radius 2 is 2.28 bits per heavy atom. The predicted molar refractivity (Wildman–Crippen MR) is 65.7 cm³/mol. The molecule has 5 heteroatoms. The number of carbonyl (C=O) groups is 1. The van der Waals surface area contributed by atoms with Crippen LogP contribution < -0.4 is 5.32 Å². The third-order valence-corrected chi connectivity index (χ3v) is 3.26. The Balaban J connectivity index is 1.79. The average molecular weight is 253 g/mol. The number of nitrogens with one attached hydrogen (secondary N) is 1. The summed E-state index contributed by atoms with van der Waals surface area (Å²) in [6, 6.07) is 1.54. The van der Waals surface area contributed by atoms with Crippen LogP contribution in [0.5, 0.6) is 0 Å². The molecule has 1 fully saturated rings. The lowest BCUT2D eigenvalue weighted by Gasteiger charge is -2.21. The van der Waals surface area contributed by atoms with Crippen molar-refractivity contribution in [1.29, 1.82) is 0 Å². The lowest BCUT2D eigenvalue weighted by atomic mass is 9.99. The van der Waals surface area contributed by atoms with Gasteiger partial charge in [0.25, 0.3) is 0 Å². The molecule has 1 aliphatic heterocycles. The number of furan rings is 1. The highest BCUT2D eigenvalue weighted by Gasteiger charge is 2.15. The predicted octanol–water partition coefficient (Wildman–Crippen LogP) is 1.80. The van der Waals surface area contributed by atoms with Gasteiger partial charge in [-0.3, -0.25) is 0 Å². The second-order valence-corrected chi connectivity index (χ2v) is 4.70. The Morgan fingerprint density at radius 1 is 1.56 bits per heavy atom. The van der Waals surface area contributed by atoms with Crippen LogP contribution in [0.3, 0.4) is 0 Å². The van der Waals surface area contributed by atoms with Crippen LogP contribution in [0.2, 0.25) is 0 Å². The lowest BCUT2D eigenvalue weighted by Crippen LogP contribution is -2.29. The highest BCUT2D eigenvalue weighted by molar-refractivity contribution is 5.88. The maximum Gasteiger partial charge on any atom is 0.339 e. The maximum absolute atomic E-state index is 10.8. The largest absolute Gasteiger partial charge is 0.478 e. The van der Waals surface area contributed by atoms with E-state index in [9.17, 15) is 4.79 Å². The number of piperidine rings is 1. The summed E-state index contributed by atoms with van der Waals surface area (Å²) in [6.45, 7) is 4.82. The Morgan fingerprint density at radius 3 is 2.89 bits per heavy atom. The third-order valence-electron chi connectivity index (χ3n) is 3.26. The van der Waals surface area contributed by atoms with Gasteiger partial charge in [-0.2, -0.15) is 0 Å². The number of aryl methyl sites for hydroxylation is 1. The molecule has 0 radical (unpaired) electrons. The second-order valence-electron chi connectivity index (χ2n) is 4.70. The third kappa shape index (κ3) is 3.34. The molecule has 18 heavy (non-hydrogen) atoms. The van der Waals surface area contributed by atoms with Gasteiger partial charge >= 0.3 is 5.97 Å². The van der Waals surface area contributed by atoms with E-state index in [1.165, 1.54) is 0 Å². The average Bonchev–Trinajstić information content (AvgIpc) is 2.72. The minimum atomic E-state index is -0.958. The van der Waals surface area contributed by atoms with E-state index in [4.69, 9.17) is 14.3 Å². The molecule has 2 N–H and O–H groups in total.